The van der Waals surface area contributed by atoms with Crippen molar-refractivity contribution >= 4 is 0 Å². The predicted octanol–water partition coefficient (Wildman–Crippen LogP) is 1.51. The van der Waals surface area contributed by atoms with Crippen LogP contribution in [0.15, 0.2) is 48.8 Å². The molecule has 0 unspecified atom stereocenters. The third-order valence-corrected chi connectivity index (χ3v) is 4.28. The topological polar surface area (TPSA) is 21.7 Å². The van der Waals surface area contributed by atoms with E-state index >= 15 is 0 Å². The summed E-state index contributed by atoms with van der Waals surface area (Å²) in [5.41, 5.74) is 4.94. The molecule has 0 bridgehead atoms. The quantitative estimate of drug-likeness (QED) is 0.388. The molecule has 0 spiro atoms. The van der Waals surface area contributed by atoms with Crippen LogP contribution in [0, 0.1) is 13.3 Å². The van der Waals surface area contributed by atoms with Gasteiger partial charge in [-0.25, -0.2) is 4.57 Å². The number of pyridine rings is 1. The summed E-state index contributed by atoms with van der Waals surface area (Å²) in [5, 5.41) is 0. The summed E-state index contributed by atoms with van der Waals surface area (Å²) < 4.78 is 4.06. The Bertz CT molecular complexity index is 830. The minimum absolute atomic E-state index is 0. The van der Waals surface area contributed by atoms with Crippen LogP contribution in [0.5, 0.6) is 0 Å². The first-order chi connectivity index (χ1) is 11.5. The molecule has 3 aromatic rings. The molecule has 0 amide bonds. The van der Waals surface area contributed by atoms with Gasteiger partial charge in [-0.2, -0.15) is 4.57 Å². The van der Waals surface area contributed by atoms with Gasteiger partial charge >= 0.3 is 28.7 Å². The molecule has 3 rings (SSSR count). The van der Waals surface area contributed by atoms with E-state index in [2.05, 4.69) is 68.0 Å². The van der Waals surface area contributed by atoms with Gasteiger partial charge in [0, 0.05) is 6.07 Å². The fourth-order valence-electron chi connectivity index (χ4n) is 3.02. The largest absolute Gasteiger partial charge is 1.00 e. The molecule has 0 atom stereocenters. The van der Waals surface area contributed by atoms with Crippen LogP contribution in [0.4, 0.5) is 0 Å². The molecule has 0 N–H and O–H groups in total. The van der Waals surface area contributed by atoms with E-state index in [9.17, 15) is 0 Å². The van der Waals surface area contributed by atoms with Crippen LogP contribution < -0.4 is 21.5 Å². The van der Waals surface area contributed by atoms with Crippen molar-refractivity contribution < 1.29 is 43.9 Å². The number of hydrogen-bond acceptors (Lipinski definition) is 1. The van der Waals surface area contributed by atoms with Gasteiger partial charge in [0.05, 0.1) is 0 Å². The van der Waals surface area contributed by atoms with Gasteiger partial charge < -0.3 is 17.0 Å². The Hall–Kier alpha value is -1.20. The van der Waals surface area contributed by atoms with Crippen LogP contribution in [0.25, 0.3) is 11.5 Å². The Morgan fingerprint density at radius 3 is 2.08 bits per heavy atom. The maximum atomic E-state index is 4.58. The molecule has 2 heterocycles. The van der Waals surface area contributed by atoms with E-state index in [1.165, 1.54) is 16.8 Å². The minimum Gasteiger partial charge on any atom is -1.00 e. The second-order valence-corrected chi connectivity index (χ2v) is 6.87. The van der Waals surface area contributed by atoms with Crippen molar-refractivity contribution in [1.29, 1.82) is 0 Å². The molecule has 0 aliphatic heterocycles. The number of imidazole rings is 1. The molecule has 5 heteroatoms. The van der Waals surface area contributed by atoms with Crippen molar-refractivity contribution in [3.8, 4) is 11.5 Å². The number of para-hydroxylation sites is 1. The van der Waals surface area contributed by atoms with Gasteiger partial charge in [0.25, 0.3) is 5.82 Å². The fourth-order valence-corrected chi connectivity index (χ4v) is 3.02. The normalized spacial score (nSPS) is 10.6. The Morgan fingerprint density at radius 1 is 0.962 bits per heavy atom. The molecule has 141 valence electrons. The number of aryl methyl sites for hydroxylation is 1. The maximum Gasteiger partial charge on any atom is 1.00 e. The molecule has 1 aromatic carbocycles. The molecular weight excluding hydrogens is 482 g/mol. The Morgan fingerprint density at radius 2 is 1.54 bits per heavy atom. The third kappa shape index (κ3) is 4.74. The van der Waals surface area contributed by atoms with Crippen LogP contribution in [0.3, 0.4) is 0 Å². The number of benzene rings is 1. The smallest absolute Gasteiger partial charge is 1.00 e. The van der Waals surface area contributed by atoms with Crippen molar-refractivity contribution in [2.24, 2.45) is 0 Å². The zero-order valence-electron chi connectivity index (χ0n) is 15.8. The SMILES string of the molecule is Cc1cccc(-[n+]2[c]n(-c3c(C(C)C)cccc3C(C)C)cc2)n1.[Ag+].[Br-]. The van der Waals surface area contributed by atoms with Crippen molar-refractivity contribution in [1.82, 2.24) is 9.55 Å². The summed E-state index contributed by atoms with van der Waals surface area (Å²) >= 11 is 0. The number of hydrogen-bond donors (Lipinski definition) is 0. The first kappa shape index (κ1) is 22.8. The summed E-state index contributed by atoms with van der Waals surface area (Å²) in [4.78, 5) is 4.58. The van der Waals surface area contributed by atoms with Crippen molar-refractivity contribution in [2.45, 2.75) is 46.5 Å². The molecule has 3 nitrogen and oxygen atoms in total. The Kier molecular flexibility index (Phi) is 8.48. The van der Waals surface area contributed by atoms with Gasteiger partial charge in [-0.1, -0.05) is 52.0 Å². The number of rotatable bonds is 4. The summed E-state index contributed by atoms with van der Waals surface area (Å²) in [6.45, 7) is 11.0. The summed E-state index contributed by atoms with van der Waals surface area (Å²) in [6, 6.07) is 12.6. The zero-order chi connectivity index (χ0) is 17.3. The molecule has 0 saturated carbocycles. The minimum atomic E-state index is 0. The standard InChI is InChI=1S/C21H25N3.Ag.BrH/c1-15(2)18-9-7-10-19(16(3)4)21(18)24-13-12-23(14-24)20-11-6-8-17(5)22-20;;/h6-13,15-16H,1-5H3;;1H/q2*+1;/p-1. The maximum absolute atomic E-state index is 4.58. The van der Waals surface area contributed by atoms with E-state index in [-0.39, 0.29) is 39.4 Å². The predicted molar refractivity (Wildman–Crippen MR) is 96.8 cm³/mol. The van der Waals surface area contributed by atoms with E-state index in [1.807, 2.05) is 35.9 Å². The Labute approximate surface area is 182 Å². The van der Waals surface area contributed by atoms with E-state index in [4.69, 9.17) is 0 Å². The first-order valence-corrected chi connectivity index (χ1v) is 8.57. The second-order valence-electron chi connectivity index (χ2n) is 6.87. The fraction of sp³-hybridized carbons (Fsp3) is 0.333. The number of nitrogens with zero attached hydrogens (tertiary/aromatic N) is 3. The van der Waals surface area contributed by atoms with Crippen molar-refractivity contribution in [2.75, 3.05) is 0 Å². The van der Waals surface area contributed by atoms with E-state index in [0.717, 1.165) is 11.5 Å². The summed E-state index contributed by atoms with van der Waals surface area (Å²) in [5.74, 6) is 1.81. The van der Waals surface area contributed by atoms with Crippen LogP contribution in [-0.2, 0) is 22.4 Å². The van der Waals surface area contributed by atoms with Gasteiger partial charge in [-0.3, -0.25) is 0 Å². The molecule has 1 radical (unpaired) electrons. The summed E-state index contributed by atoms with van der Waals surface area (Å²) in [6.07, 6.45) is 7.52. The van der Waals surface area contributed by atoms with E-state index in [1.54, 1.807) is 0 Å². The summed E-state index contributed by atoms with van der Waals surface area (Å²) in [7, 11) is 0. The van der Waals surface area contributed by atoms with Crippen LogP contribution in [-0.4, -0.2) is 9.55 Å². The Balaban J connectivity index is 0.00000169. The first-order valence-electron chi connectivity index (χ1n) is 8.57. The zero-order valence-corrected chi connectivity index (χ0v) is 18.9. The van der Waals surface area contributed by atoms with Gasteiger partial charge in [-0.05, 0) is 36.0 Å². The molecule has 0 aliphatic rings. The van der Waals surface area contributed by atoms with Gasteiger partial charge in [0.1, 0.15) is 23.8 Å². The van der Waals surface area contributed by atoms with Crippen molar-refractivity contribution in [3.63, 3.8) is 0 Å². The second kappa shape index (κ2) is 9.65. The van der Waals surface area contributed by atoms with E-state index in [0.29, 0.717) is 11.8 Å². The van der Waals surface area contributed by atoms with Crippen LogP contribution in [0.1, 0.15) is 56.4 Å². The monoisotopic (exact) mass is 505 g/mol. The molecule has 0 saturated heterocycles. The number of aromatic nitrogens is 3. The molecule has 2 aromatic heterocycles. The van der Waals surface area contributed by atoms with Gasteiger partial charge in [0.2, 0.25) is 0 Å². The van der Waals surface area contributed by atoms with Gasteiger partial charge in [-0.15, -0.1) is 4.98 Å². The third-order valence-electron chi connectivity index (χ3n) is 4.28. The van der Waals surface area contributed by atoms with Crippen molar-refractivity contribution in [3.05, 3.63) is 71.9 Å². The van der Waals surface area contributed by atoms with E-state index < -0.39 is 0 Å². The average Bonchev–Trinajstić information content (AvgIpc) is 3.03. The molecule has 26 heavy (non-hydrogen) atoms. The molecule has 0 fully saturated rings. The van der Waals surface area contributed by atoms with Gasteiger partial charge in [0.15, 0.2) is 0 Å². The van der Waals surface area contributed by atoms with Crippen LogP contribution in [0.2, 0.25) is 0 Å². The number of halogens is 1. The average molecular weight is 507 g/mol. The van der Waals surface area contributed by atoms with Crippen LogP contribution >= 0.6 is 0 Å². The molecular formula is C21H25AgBrN3+. The molecule has 0 aliphatic carbocycles.